The Morgan fingerprint density at radius 1 is 0.960 bits per heavy atom. The Morgan fingerprint density at radius 3 is 2.36 bits per heavy atom. The summed E-state index contributed by atoms with van der Waals surface area (Å²) < 4.78 is 0. The normalized spacial score (nSPS) is 15.6. The lowest BCUT2D eigenvalue weighted by molar-refractivity contribution is 0.104. The molecule has 0 radical (unpaired) electrons. The number of ketones is 1. The fourth-order valence-electron chi connectivity index (χ4n) is 2.99. The summed E-state index contributed by atoms with van der Waals surface area (Å²) in [7, 11) is 0. The van der Waals surface area contributed by atoms with Crippen molar-refractivity contribution < 1.29 is 4.79 Å². The van der Waals surface area contributed by atoms with Crippen LogP contribution in [0.15, 0.2) is 66.9 Å². The maximum Gasteiger partial charge on any atom is 0.188 e. The first kappa shape index (κ1) is 17.7. The third kappa shape index (κ3) is 5.18. The van der Waals surface area contributed by atoms with Crippen molar-refractivity contribution in [3.05, 3.63) is 83.0 Å². The molecule has 0 bridgehead atoms. The van der Waals surface area contributed by atoms with Gasteiger partial charge in [-0.3, -0.25) is 9.69 Å². The summed E-state index contributed by atoms with van der Waals surface area (Å²) in [6.07, 6.45) is 4.61. The molecule has 0 atom stereocenters. The SMILES string of the molecule is O=C(C=CN1CCN(CCc2ccccc2)CC1)c1ccccc1Cl. The minimum atomic E-state index is -0.0443. The average Bonchev–Trinajstić information content (AvgIpc) is 2.66. The zero-order valence-corrected chi connectivity index (χ0v) is 15.0. The van der Waals surface area contributed by atoms with Crippen LogP contribution in [0.5, 0.6) is 0 Å². The molecule has 3 rings (SSSR count). The molecule has 2 aromatic rings. The number of benzene rings is 2. The fourth-order valence-corrected chi connectivity index (χ4v) is 3.22. The van der Waals surface area contributed by atoms with Crippen LogP contribution in [0.4, 0.5) is 0 Å². The summed E-state index contributed by atoms with van der Waals surface area (Å²) in [4.78, 5) is 16.9. The molecule has 0 N–H and O–H groups in total. The van der Waals surface area contributed by atoms with Crippen molar-refractivity contribution in [2.75, 3.05) is 32.7 Å². The molecule has 0 aromatic heterocycles. The third-order valence-corrected chi connectivity index (χ3v) is 4.87. The molecule has 1 aliphatic rings. The number of rotatable bonds is 6. The van der Waals surface area contributed by atoms with E-state index in [0.717, 1.165) is 39.1 Å². The quantitative estimate of drug-likeness (QED) is 0.580. The van der Waals surface area contributed by atoms with E-state index in [-0.39, 0.29) is 5.78 Å². The molecule has 4 heteroatoms. The highest BCUT2D eigenvalue weighted by Crippen LogP contribution is 2.16. The van der Waals surface area contributed by atoms with Gasteiger partial charge in [0.15, 0.2) is 5.78 Å². The molecule has 1 saturated heterocycles. The molecular weight excluding hydrogens is 332 g/mol. The van der Waals surface area contributed by atoms with Gasteiger partial charge in [0.1, 0.15) is 0 Å². The fraction of sp³-hybridized carbons (Fsp3) is 0.286. The highest BCUT2D eigenvalue weighted by atomic mass is 35.5. The van der Waals surface area contributed by atoms with Crippen LogP contribution < -0.4 is 0 Å². The van der Waals surface area contributed by atoms with E-state index in [0.29, 0.717) is 10.6 Å². The standard InChI is InChI=1S/C21H23ClN2O/c22-20-9-5-4-8-19(20)21(25)11-13-24-16-14-23(15-17-24)12-10-18-6-2-1-3-7-18/h1-9,11,13H,10,12,14-17H2. The summed E-state index contributed by atoms with van der Waals surface area (Å²) in [5.74, 6) is -0.0443. The Bertz CT molecular complexity index is 722. The number of hydrogen-bond acceptors (Lipinski definition) is 3. The first-order chi connectivity index (χ1) is 12.2. The number of nitrogens with zero attached hydrogens (tertiary/aromatic N) is 2. The average molecular weight is 355 g/mol. The molecule has 0 unspecified atom stereocenters. The van der Waals surface area contributed by atoms with Crippen LogP contribution in [0.1, 0.15) is 15.9 Å². The van der Waals surface area contributed by atoms with E-state index in [1.807, 2.05) is 18.3 Å². The van der Waals surface area contributed by atoms with E-state index >= 15 is 0 Å². The van der Waals surface area contributed by atoms with E-state index < -0.39 is 0 Å². The predicted octanol–water partition coefficient (Wildman–Crippen LogP) is 3.90. The molecule has 1 heterocycles. The van der Waals surface area contributed by atoms with Crippen molar-refractivity contribution in [3.63, 3.8) is 0 Å². The molecular formula is C21H23ClN2O. The summed E-state index contributed by atoms with van der Waals surface area (Å²) in [6.45, 7) is 5.03. The second-order valence-corrected chi connectivity index (χ2v) is 6.68. The Hall–Kier alpha value is -2.10. The molecule has 0 aliphatic carbocycles. The molecule has 130 valence electrons. The molecule has 0 saturated carbocycles. The van der Waals surface area contributed by atoms with Crippen molar-refractivity contribution in [2.45, 2.75) is 6.42 Å². The van der Waals surface area contributed by atoms with Crippen LogP contribution in [-0.2, 0) is 6.42 Å². The van der Waals surface area contributed by atoms with Gasteiger partial charge in [-0.25, -0.2) is 0 Å². The van der Waals surface area contributed by atoms with Crippen molar-refractivity contribution in [1.29, 1.82) is 0 Å². The molecule has 1 aliphatic heterocycles. The monoisotopic (exact) mass is 354 g/mol. The van der Waals surface area contributed by atoms with Crippen LogP contribution in [-0.4, -0.2) is 48.3 Å². The number of allylic oxidation sites excluding steroid dienone is 1. The predicted molar refractivity (Wildman–Crippen MR) is 103 cm³/mol. The molecule has 3 nitrogen and oxygen atoms in total. The Kier molecular flexibility index (Phi) is 6.26. The largest absolute Gasteiger partial charge is 0.375 e. The number of hydrogen-bond donors (Lipinski definition) is 0. The first-order valence-corrected chi connectivity index (χ1v) is 9.07. The molecule has 2 aromatic carbocycles. The first-order valence-electron chi connectivity index (χ1n) is 8.70. The van der Waals surface area contributed by atoms with Crippen molar-refractivity contribution in [2.24, 2.45) is 0 Å². The van der Waals surface area contributed by atoms with E-state index in [2.05, 4.69) is 40.1 Å². The second kappa shape index (κ2) is 8.84. The van der Waals surface area contributed by atoms with Crippen LogP contribution in [0.3, 0.4) is 0 Å². The topological polar surface area (TPSA) is 23.6 Å². The Balaban J connectivity index is 1.44. The van der Waals surface area contributed by atoms with E-state index in [9.17, 15) is 4.79 Å². The molecule has 0 spiro atoms. The maximum absolute atomic E-state index is 12.2. The molecule has 0 amide bonds. The van der Waals surface area contributed by atoms with Gasteiger partial charge < -0.3 is 4.90 Å². The number of halogens is 1. The molecule has 1 fully saturated rings. The van der Waals surface area contributed by atoms with Crippen LogP contribution in [0.2, 0.25) is 5.02 Å². The zero-order chi connectivity index (χ0) is 17.5. The van der Waals surface area contributed by atoms with Gasteiger partial charge in [-0.15, -0.1) is 0 Å². The smallest absolute Gasteiger partial charge is 0.188 e. The minimum Gasteiger partial charge on any atom is -0.375 e. The van der Waals surface area contributed by atoms with Gasteiger partial charge in [0.25, 0.3) is 0 Å². The Morgan fingerprint density at radius 2 is 1.64 bits per heavy atom. The van der Waals surface area contributed by atoms with Gasteiger partial charge >= 0.3 is 0 Å². The number of carbonyl (C=O) groups excluding carboxylic acids is 1. The van der Waals surface area contributed by atoms with Crippen LogP contribution >= 0.6 is 11.6 Å². The number of carbonyl (C=O) groups is 1. The van der Waals surface area contributed by atoms with Gasteiger partial charge in [-0.05, 0) is 24.1 Å². The highest BCUT2D eigenvalue weighted by molar-refractivity contribution is 6.34. The highest BCUT2D eigenvalue weighted by Gasteiger charge is 2.14. The third-order valence-electron chi connectivity index (χ3n) is 4.54. The number of piperazine rings is 1. The lowest BCUT2D eigenvalue weighted by Gasteiger charge is -2.34. The van der Waals surface area contributed by atoms with Crippen molar-refractivity contribution in [1.82, 2.24) is 9.80 Å². The van der Waals surface area contributed by atoms with Gasteiger partial charge in [-0.1, -0.05) is 54.1 Å². The maximum atomic E-state index is 12.2. The zero-order valence-electron chi connectivity index (χ0n) is 14.3. The lowest BCUT2D eigenvalue weighted by Crippen LogP contribution is -2.44. The van der Waals surface area contributed by atoms with E-state index in [1.165, 1.54) is 5.56 Å². The molecule has 25 heavy (non-hydrogen) atoms. The second-order valence-electron chi connectivity index (χ2n) is 6.27. The summed E-state index contributed by atoms with van der Waals surface area (Å²) in [5.41, 5.74) is 1.94. The van der Waals surface area contributed by atoms with Crippen molar-refractivity contribution >= 4 is 17.4 Å². The Labute approximate surface area is 154 Å². The van der Waals surface area contributed by atoms with Gasteiger partial charge in [0, 0.05) is 50.6 Å². The van der Waals surface area contributed by atoms with Gasteiger partial charge in [0.05, 0.1) is 5.02 Å². The van der Waals surface area contributed by atoms with Crippen LogP contribution in [0.25, 0.3) is 0 Å². The van der Waals surface area contributed by atoms with Gasteiger partial charge in [-0.2, -0.15) is 0 Å². The van der Waals surface area contributed by atoms with E-state index in [4.69, 9.17) is 11.6 Å². The summed E-state index contributed by atoms with van der Waals surface area (Å²) in [5, 5.41) is 0.503. The van der Waals surface area contributed by atoms with Gasteiger partial charge in [0.2, 0.25) is 0 Å². The van der Waals surface area contributed by atoms with Crippen molar-refractivity contribution in [3.8, 4) is 0 Å². The minimum absolute atomic E-state index is 0.0443. The summed E-state index contributed by atoms with van der Waals surface area (Å²) >= 11 is 6.07. The lowest BCUT2D eigenvalue weighted by atomic mass is 10.1. The van der Waals surface area contributed by atoms with Crippen LogP contribution in [0, 0.1) is 0 Å². The van der Waals surface area contributed by atoms with E-state index in [1.54, 1.807) is 18.2 Å². The summed E-state index contributed by atoms with van der Waals surface area (Å²) in [6, 6.07) is 17.8.